The Morgan fingerprint density at radius 3 is 2.20 bits per heavy atom. The third kappa shape index (κ3) is 2.48. The first kappa shape index (κ1) is 22.7. The maximum Gasteiger partial charge on any atom is 0.303 e. The van der Waals surface area contributed by atoms with Gasteiger partial charge in [0, 0.05) is 29.6 Å². The Balaban J connectivity index is 1.96. The van der Waals surface area contributed by atoms with Crippen LogP contribution in [0, 0.1) is 28.6 Å². The fourth-order valence-corrected chi connectivity index (χ4v) is 8.94. The van der Waals surface area contributed by atoms with E-state index in [1.54, 1.807) is 27.7 Å². The van der Waals surface area contributed by atoms with Crippen molar-refractivity contribution in [3.63, 3.8) is 0 Å². The van der Waals surface area contributed by atoms with Gasteiger partial charge in [0.05, 0.1) is 28.8 Å². The molecule has 4 aliphatic carbocycles. The average Bonchev–Trinajstić information content (AvgIpc) is 2.77. The van der Waals surface area contributed by atoms with Crippen molar-refractivity contribution in [1.29, 1.82) is 0 Å². The normalized spacial score (nSPS) is 59.2. The van der Waals surface area contributed by atoms with Crippen molar-refractivity contribution in [3.05, 3.63) is 0 Å². The van der Waals surface area contributed by atoms with Crippen molar-refractivity contribution in [2.45, 2.75) is 101 Å². The van der Waals surface area contributed by atoms with Crippen molar-refractivity contribution < 1.29 is 35.1 Å². The molecule has 0 aliphatic heterocycles. The number of halogens is 1. The Labute approximate surface area is 182 Å². The quantitative estimate of drug-likeness (QED) is 0.300. The number of alkyl halides is 1. The van der Waals surface area contributed by atoms with Gasteiger partial charge in [0.1, 0.15) is 11.7 Å². The lowest BCUT2D eigenvalue weighted by Crippen LogP contribution is -2.62. The minimum absolute atomic E-state index is 0.0774. The highest BCUT2D eigenvalue weighted by atomic mass is 35.5. The molecular weight excluding hydrogens is 412 g/mol. The van der Waals surface area contributed by atoms with Crippen molar-refractivity contribution in [2.24, 2.45) is 28.6 Å². The predicted molar refractivity (Wildman–Crippen MR) is 109 cm³/mol. The summed E-state index contributed by atoms with van der Waals surface area (Å²) in [6, 6.07) is 0. The highest BCUT2D eigenvalue weighted by Gasteiger charge is 2.79. The Kier molecular flexibility index (Phi) is 4.80. The van der Waals surface area contributed by atoms with Gasteiger partial charge in [-0.1, -0.05) is 13.8 Å². The summed E-state index contributed by atoms with van der Waals surface area (Å²) in [5.74, 6) is -2.46. The number of carbonyl (C=O) groups excluding carboxylic acids is 1. The van der Waals surface area contributed by atoms with E-state index >= 15 is 0 Å². The summed E-state index contributed by atoms with van der Waals surface area (Å²) in [4.78, 5) is 12.1. The molecule has 0 amide bonds. The second kappa shape index (κ2) is 6.33. The lowest BCUT2D eigenvalue weighted by molar-refractivity contribution is -0.213. The van der Waals surface area contributed by atoms with E-state index in [9.17, 15) is 30.3 Å². The highest BCUT2D eigenvalue weighted by molar-refractivity contribution is 6.21. The summed E-state index contributed by atoms with van der Waals surface area (Å²) in [6.07, 6.45) is -1.80. The van der Waals surface area contributed by atoms with Crippen molar-refractivity contribution in [3.8, 4) is 0 Å². The summed E-state index contributed by atoms with van der Waals surface area (Å²) < 4.78 is 5.66. The molecule has 7 nitrogen and oxygen atoms in total. The van der Waals surface area contributed by atoms with Gasteiger partial charge in [-0.3, -0.25) is 4.79 Å². The summed E-state index contributed by atoms with van der Waals surface area (Å²) >= 11 is 6.67. The molecule has 11 atom stereocenters. The van der Waals surface area contributed by atoms with Gasteiger partial charge in [-0.2, -0.15) is 0 Å². The molecule has 0 unspecified atom stereocenters. The minimum Gasteiger partial charge on any atom is -0.459 e. The number of ether oxygens (including phenoxy) is 1. The van der Waals surface area contributed by atoms with Gasteiger partial charge >= 0.3 is 5.97 Å². The van der Waals surface area contributed by atoms with Crippen LogP contribution in [0.25, 0.3) is 0 Å². The first-order chi connectivity index (χ1) is 13.5. The number of hydrogen-bond donors (Lipinski definition) is 5. The van der Waals surface area contributed by atoms with Crippen LogP contribution in [-0.4, -0.2) is 72.0 Å². The maximum absolute atomic E-state index is 12.2. The van der Waals surface area contributed by atoms with Crippen molar-refractivity contribution >= 4 is 17.6 Å². The summed E-state index contributed by atoms with van der Waals surface area (Å²) in [5, 5.41) is 56.5. The Morgan fingerprint density at radius 1 is 1.03 bits per heavy atom. The molecule has 1 spiro atoms. The molecule has 0 radical (unpaired) electrons. The Bertz CT molecular complexity index is 752. The van der Waals surface area contributed by atoms with Crippen LogP contribution < -0.4 is 0 Å². The van der Waals surface area contributed by atoms with Crippen molar-refractivity contribution in [1.82, 2.24) is 0 Å². The largest absolute Gasteiger partial charge is 0.459 e. The molecule has 5 N–H and O–H groups in total. The van der Waals surface area contributed by atoms with Gasteiger partial charge in [-0.15, -0.1) is 11.6 Å². The van der Waals surface area contributed by atoms with Crippen LogP contribution >= 0.6 is 11.6 Å². The maximum atomic E-state index is 12.2. The molecule has 0 aromatic rings. The number of hydrogen-bond acceptors (Lipinski definition) is 7. The van der Waals surface area contributed by atoms with Gasteiger partial charge in [0.25, 0.3) is 0 Å². The van der Waals surface area contributed by atoms with Crippen LogP contribution in [0.3, 0.4) is 0 Å². The first-order valence-corrected chi connectivity index (χ1v) is 11.3. The Hall–Kier alpha value is -0.440. The second-order valence-electron chi connectivity index (χ2n) is 11.4. The van der Waals surface area contributed by atoms with Gasteiger partial charge in [-0.25, -0.2) is 0 Å². The molecule has 0 heterocycles. The summed E-state index contributed by atoms with van der Waals surface area (Å²) in [7, 11) is 0. The molecule has 30 heavy (non-hydrogen) atoms. The molecule has 2 bridgehead atoms. The number of esters is 1. The van der Waals surface area contributed by atoms with E-state index in [4.69, 9.17) is 16.3 Å². The monoisotopic (exact) mass is 446 g/mol. The van der Waals surface area contributed by atoms with E-state index < -0.39 is 69.1 Å². The van der Waals surface area contributed by atoms with Crippen LogP contribution in [0.15, 0.2) is 0 Å². The van der Waals surface area contributed by atoms with E-state index in [-0.39, 0.29) is 18.8 Å². The number of fused-ring (bicyclic) bond motifs is 2. The Morgan fingerprint density at radius 2 is 1.63 bits per heavy atom. The zero-order valence-electron chi connectivity index (χ0n) is 18.3. The molecule has 4 saturated carbocycles. The molecule has 8 heteroatoms. The first-order valence-electron chi connectivity index (χ1n) is 10.9. The summed E-state index contributed by atoms with van der Waals surface area (Å²) in [6.45, 7) is 7.88. The van der Waals surface area contributed by atoms with Crippen molar-refractivity contribution in [2.75, 3.05) is 0 Å². The average molecular weight is 447 g/mol. The van der Waals surface area contributed by atoms with Crippen LogP contribution in [0.2, 0.25) is 0 Å². The zero-order valence-corrected chi connectivity index (χ0v) is 19.1. The van der Waals surface area contributed by atoms with Gasteiger partial charge < -0.3 is 30.3 Å². The molecule has 0 aromatic heterocycles. The number of carbonyl (C=O) groups is 1. The van der Waals surface area contributed by atoms with Crippen LogP contribution in [0.5, 0.6) is 0 Å². The van der Waals surface area contributed by atoms with Gasteiger partial charge in [-0.05, 0) is 45.4 Å². The third-order valence-corrected chi connectivity index (χ3v) is 9.97. The smallest absolute Gasteiger partial charge is 0.303 e. The topological polar surface area (TPSA) is 127 Å². The standard InChI is InChI=1S/C22H35ClO7/c1-10(24)30-13-8-21-9-19(4,27)11(16(21)25)6-7-12(21)20(5,28)15-14(23)17(26)18(2,3)22(13,15)29/h11-17,25-29H,6-9H2,1-5H3/t11-,12+,13-,14-,15+,16-,17+,19-,20-,21+,22-/m1/s1. The van der Waals surface area contributed by atoms with E-state index in [0.29, 0.717) is 12.8 Å². The molecule has 0 saturated heterocycles. The molecule has 172 valence electrons. The van der Waals surface area contributed by atoms with E-state index in [1.165, 1.54) is 6.92 Å². The van der Waals surface area contributed by atoms with E-state index in [0.717, 1.165) is 0 Å². The highest BCUT2D eigenvalue weighted by Crippen LogP contribution is 2.70. The van der Waals surface area contributed by atoms with E-state index in [2.05, 4.69) is 0 Å². The lowest BCUT2D eigenvalue weighted by Gasteiger charge is -2.51. The fraction of sp³-hybridized carbons (Fsp3) is 0.955. The van der Waals surface area contributed by atoms with Gasteiger partial charge in [0.15, 0.2) is 0 Å². The minimum atomic E-state index is -1.83. The SMILES string of the molecule is CC(=O)O[C@@H]1C[C@]23C[C@@](C)(O)[C@H](CC[C@H]2[C@@](C)(O)[C@@H]2[C@@H](Cl)[C@H](O)C(C)(C)[C@@]12O)[C@H]3O. The molecular formula is C22H35ClO7. The number of aliphatic hydroxyl groups excluding tert-OH is 2. The predicted octanol–water partition coefficient (Wildman–Crippen LogP) is 0.956. The number of rotatable bonds is 1. The zero-order chi connectivity index (χ0) is 22.7. The van der Waals surface area contributed by atoms with E-state index in [1.807, 2.05) is 0 Å². The second-order valence-corrected chi connectivity index (χ2v) is 11.9. The molecule has 4 rings (SSSR count). The summed E-state index contributed by atoms with van der Waals surface area (Å²) in [5.41, 5.74) is -6.68. The number of aliphatic hydroxyl groups is 5. The van der Waals surface area contributed by atoms with Crippen LogP contribution in [0.4, 0.5) is 0 Å². The van der Waals surface area contributed by atoms with Gasteiger partial charge in [0.2, 0.25) is 0 Å². The molecule has 0 aromatic carbocycles. The lowest BCUT2D eigenvalue weighted by atomic mass is 9.57. The fourth-order valence-electron chi connectivity index (χ4n) is 8.18. The molecule has 4 fully saturated rings. The third-order valence-electron chi connectivity index (χ3n) is 9.48. The van der Waals surface area contributed by atoms with Crippen LogP contribution in [0.1, 0.15) is 60.3 Å². The van der Waals surface area contributed by atoms with Crippen LogP contribution in [-0.2, 0) is 9.53 Å². The molecule has 4 aliphatic rings.